The van der Waals surface area contributed by atoms with E-state index in [9.17, 15) is 0 Å². The van der Waals surface area contributed by atoms with Crippen molar-refractivity contribution in [3.05, 3.63) is 11.7 Å². The van der Waals surface area contributed by atoms with Crippen molar-refractivity contribution in [1.29, 1.82) is 0 Å². The predicted octanol–water partition coefficient (Wildman–Crippen LogP) is 1.61. The fraction of sp³-hybridized carbons (Fsp3) is 0.778. The minimum atomic E-state index is 0.628. The monoisotopic (exact) mass is 215 g/mol. The van der Waals surface area contributed by atoms with Crippen molar-refractivity contribution in [2.75, 3.05) is 18.1 Å². The third-order valence-corrected chi connectivity index (χ3v) is 2.68. The Kier molecular flexibility index (Phi) is 5.63. The molecular formula is C9H17N3OS. The molecule has 0 radical (unpaired) electrons. The zero-order valence-electron chi connectivity index (χ0n) is 8.75. The van der Waals surface area contributed by atoms with Gasteiger partial charge in [-0.2, -0.15) is 16.7 Å². The first-order valence-corrected chi connectivity index (χ1v) is 6.06. The number of nitrogens with one attached hydrogen (secondary N) is 1. The lowest BCUT2D eigenvalue weighted by atomic mass is 10.4. The van der Waals surface area contributed by atoms with Gasteiger partial charge in [0.25, 0.3) is 0 Å². The van der Waals surface area contributed by atoms with Gasteiger partial charge < -0.3 is 9.84 Å². The second-order valence-corrected chi connectivity index (χ2v) is 4.35. The molecule has 0 aliphatic heterocycles. The summed E-state index contributed by atoms with van der Waals surface area (Å²) in [6.45, 7) is 5.70. The Hall–Kier alpha value is -0.550. The van der Waals surface area contributed by atoms with Crippen LogP contribution in [0.4, 0.5) is 0 Å². The highest BCUT2D eigenvalue weighted by Crippen LogP contribution is 1.99. The van der Waals surface area contributed by atoms with Gasteiger partial charge in [0, 0.05) is 6.92 Å². The first-order chi connectivity index (χ1) is 6.83. The highest BCUT2D eigenvalue weighted by molar-refractivity contribution is 7.99. The van der Waals surface area contributed by atoms with Crippen molar-refractivity contribution in [2.45, 2.75) is 26.8 Å². The molecule has 0 aromatic carbocycles. The van der Waals surface area contributed by atoms with Crippen molar-refractivity contribution in [1.82, 2.24) is 15.5 Å². The SMILES string of the molecule is CCSCCCNCc1noc(C)n1. The third-order valence-electron chi connectivity index (χ3n) is 1.70. The zero-order valence-corrected chi connectivity index (χ0v) is 9.56. The van der Waals surface area contributed by atoms with Gasteiger partial charge in [0.1, 0.15) is 0 Å². The Morgan fingerprint density at radius 3 is 3.00 bits per heavy atom. The van der Waals surface area contributed by atoms with Crippen LogP contribution in [0.25, 0.3) is 0 Å². The molecule has 80 valence electrons. The largest absolute Gasteiger partial charge is 0.340 e. The number of thioether (sulfide) groups is 1. The fourth-order valence-electron chi connectivity index (χ4n) is 1.06. The molecule has 0 amide bonds. The molecule has 0 aliphatic carbocycles. The lowest BCUT2D eigenvalue weighted by Crippen LogP contribution is -2.16. The van der Waals surface area contributed by atoms with Crippen LogP contribution >= 0.6 is 11.8 Å². The average molecular weight is 215 g/mol. The number of nitrogens with zero attached hydrogens (tertiary/aromatic N) is 2. The van der Waals surface area contributed by atoms with Gasteiger partial charge >= 0.3 is 0 Å². The second-order valence-electron chi connectivity index (χ2n) is 2.96. The second kappa shape index (κ2) is 6.84. The van der Waals surface area contributed by atoms with Crippen LogP contribution in [0.2, 0.25) is 0 Å². The van der Waals surface area contributed by atoms with Crippen LogP contribution in [0, 0.1) is 6.92 Å². The van der Waals surface area contributed by atoms with Crippen molar-refractivity contribution >= 4 is 11.8 Å². The fourth-order valence-corrected chi connectivity index (χ4v) is 1.69. The topological polar surface area (TPSA) is 51.0 Å². The van der Waals surface area contributed by atoms with E-state index in [-0.39, 0.29) is 0 Å². The lowest BCUT2D eigenvalue weighted by molar-refractivity contribution is 0.385. The number of aryl methyl sites for hydroxylation is 1. The molecule has 0 bridgehead atoms. The van der Waals surface area contributed by atoms with E-state index < -0.39 is 0 Å². The van der Waals surface area contributed by atoms with Crippen molar-refractivity contribution < 1.29 is 4.52 Å². The molecule has 0 saturated heterocycles. The highest BCUT2D eigenvalue weighted by Gasteiger charge is 1.99. The normalized spacial score (nSPS) is 10.7. The summed E-state index contributed by atoms with van der Waals surface area (Å²) in [6, 6.07) is 0. The van der Waals surface area contributed by atoms with Gasteiger partial charge in [0.15, 0.2) is 5.82 Å². The van der Waals surface area contributed by atoms with Gasteiger partial charge in [-0.05, 0) is 24.5 Å². The van der Waals surface area contributed by atoms with Gasteiger partial charge in [-0.15, -0.1) is 0 Å². The quantitative estimate of drug-likeness (QED) is 0.700. The van der Waals surface area contributed by atoms with E-state index in [0.717, 1.165) is 12.4 Å². The molecule has 1 N–H and O–H groups in total. The molecule has 1 heterocycles. The van der Waals surface area contributed by atoms with E-state index in [2.05, 4.69) is 22.4 Å². The predicted molar refractivity (Wildman–Crippen MR) is 58.4 cm³/mol. The summed E-state index contributed by atoms with van der Waals surface area (Å²) in [7, 11) is 0. The average Bonchev–Trinajstić information content (AvgIpc) is 2.58. The molecule has 0 atom stereocenters. The summed E-state index contributed by atoms with van der Waals surface area (Å²) >= 11 is 1.97. The maximum atomic E-state index is 4.85. The van der Waals surface area contributed by atoms with E-state index in [1.165, 1.54) is 17.9 Å². The minimum Gasteiger partial charge on any atom is -0.340 e. The van der Waals surface area contributed by atoms with Crippen LogP contribution in [0.15, 0.2) is 4.52 Å². The van der Waals surface area contributed by atoms with Crippen LogP contribution in [0.5, 0.6) is 0 Å². The summed E-state index contributed by atoms with van der Waals surface area (Å²) in [5, 5.41) is 7.07. The first-order valence-electron chi connectivity index (χ1n) is 4.90. The van der Waals surface area contributed by atoms with Crippen molar-refractivity contribution in [3.63, 3.8) is 0 Å². The highest BCUT2D eigenvalue weighted by atomic mass is 32.2. The molecule has 1 aromatic rings. The molecule has 1 aromatic heterocycles. The first kappa shape index (κ1) is 11.5. The molecule has 0 spiro atoms. The summed E-state index contributed by atoms with van der Waals surface area (Å²) in [5.41, 5.74) is 0. The Morgan fingerprint density at radius 2 is 2.36 bits per heavy atom. The van der Waals surface area contributed by atoms with Crippen LogP contribution in [-0.2, 0) is 6.54 Å². The molecule has 0 aliphatic rings. The molecule has 0 fully saturated rings. The Labute approximate surface area is 88.8 Å². The Bertz CT molecular complexity index is 252. The third kappa shape index (κ3) is 4.62. The van der Waals surface area contributed by atoms with Crippen LogP contribution in [-0.4, -0.2) is 28.2 Å². The number of hydrogen-bond donors (Lipinski definition) is 1. The van der Waals surface area contributed by atoms with Gasteiger partial charge in [-0.3, -0.25) is 0 Å². The molecule has 5 heteroatoms. The minimum absolute atomic E-state index is 0.628. The Balaban J connectivity index is 1.99. The maximum Gasteiger partial charge on any atom is 0.223 e. The van der Waals surface area contributed by atoms with Gasteiger partial charge in [0.05, 0.1) is 6.54 Å². The van der Waals surface area contributed by atoms with E-state index in [1.54, 1.807) is 6.92 Å². The molecule has 0 unspecified atom stereocenters. The van der Waals surface area contributed by atoms with Crippen LogP contribution < -0.4 is 5.32 Å². The van der Waals surface area contributed by atoms with E-state index in [0.29, 0.717) is 12.4 Å². The molecule has 0 saturated carbocycles. The summed E-state index contributed by atoms with van der Waals surface area (Å²) in [6.07, 6.45) is 1.19. The Morgan fingerprint density at radius 1 is 1.50 bits per heavy atom. The van der Waals surface area contributed by atoms with Gasteiger partial charge in [-0.25, -0.2) is 0 Å². The molecule has 1 rings (SSSR count). The van der Waals surface area contributed by atoms with Gasteiger partial charge in [-0.1, -0.05) is 12.1 Å². The van der Waals surface area contributed by atoms with Crippen molar-refractivity contribution in [3.8, 4) is 0 Å². The maximum absolute atomic E-state index is 4.85. The van der Waals surface area contributed by atoms with Crippen LogP contribution in [0.1, 0.15) is 25.1 Å². The van der Waals surface area contributed by atoms with E-state index in [4.69, 9.17) is 4.52 Å². The van der Waals surface area contributed by atoms with Crippen LogP contribution in [0.3, 0.4) is 0 Å². The summed E-state index contributed by atoms with van der Waals surface area (Å²) < 4.78 is 4.85. The summed E-state index contributed by atoms with van der Waals surface area (Å²) in [5.74, 6) is 3.78. The summed E-state index contributed by atoms with van der Waals surface area (Å²) in [4.78, 5) is 4.10. The zero-order chi connectivity index (χ0) is 10.2. The molecule has 4 nitrogen and oxygen atoms in total. The van der Waals surface area contributed by atoms with Crippen molar-refractivity contribution in [2.24, 2.45) is 0 Å². The number of aromatic nitrogens is 2. The standard InChI is InChI=1S/C9H17N3OS/c1-3-14-6-4-5-10-7-9-11-8(2)13-12-9/h10H,3-7H2,1-2H3. The van der Waals surface area contributed by atoms with E-state index in [1.807, 2.05) is 11.8 Å². The lowest BCUT2D eigenvalue weighted by Gasteiger charge is -2.00. The number of rotatable bonds is 7. The number of hydrogen-bond acceptors (Lipinski definition) is 5. The smallest absolute Gasteiger partial charge is 0.223 e. The van der Waals surface area contributed by atoms with Gasteiger partial charge in [0.2, 0.25) is 5.89 Å². The molecule has 14 heavy (non-hydrogen) atoms. The van der Waals surface area contributed by atoms with E-state index >= 15 is 0 Å². The molecular weight excluding hydrogens is 198 g/mol.